The van der Waals surface area contributed by atoms with E-state index in [0.717, 1.165) is 19.3 Å². The molecule has 0 aromatic rings. The van der Waals surface area contributed by atoms with Crippen LogP contribution in [0.25, 0.3) is 0 Å². The van der Waals surface area contributed by atoms with E-state index in [1.807, 2.05) is 0 Å². The van der Waals surface area contributed by atoms with E-state index in [0.29, 0.717) is 12.8 Å². The van der Waals surface area contributed by atoms with Crippen LogP contribution in [0, 0.1) is 16.7 Å². The average molecular weight is 210 g/mol. The van der Waals surface area contributed by atoms with Gasteiger partial charge in [0, 0.05) is 6.04 Å². The van der Waals surface area contributed by atoms with Gasteiger partial charge in [-0.3, -0.25) is 4.79 Å². The van der Waals surface area contributed by atoms with Crippen LogP contribution in [-0.2, 0) is 4.79 Å². The van der Waals surface area contributed by atoms with Crippen LogP contribution >= 0.6 is 0 Å². The van der Waals surface area contributed by atoms with Crippen LogP contribution in [0.1, 0.15) is 39.0 Å². The van der Waals surface area contributed by atoms with Crippen molar-refractivity contribution in [2.75, 3.05) is 6.61 Å². The predicted molar refractivity (Wildman–Crippen MR) is 55.8 cm³/mol. The topological polar surface area (TPSA) is 73.1 Å². The molecule has 0 aromatic carbocycles. The first-order valence-corrected chi connectivity index (χ1v) is 5.48. The highest BCUT2D eigenvalue weighted by atomic mass is 16.3. The molecule has 0 saturated heterocycles. The Hall–Kier alpha value is -1.08. The largest absolute Gasteiger partial charge is 0.394 e. The zero-order valence-corrected chi connectivity index (χ0v) is 9.12. The number of rotatable bonds is 3. The number of aliphatic hydroxyl groups is 1. The molecule has 1 saturated carbocycles. The summed E-state index contributed by atoms with van der Waals surface area (Å²) in [7, 11) is 0. The van der Waals surface area contributed by atoms with Crippen molar-refractivity contribution in [3.8, 4) is 6.07 Å². The lowest BCUT2D eigenvalue weighted by Crippen LogP contribution is -2.46. The van der Waals surface area contributed by atoms with E-state index in [2.05, 4.69) is 11.4 Å². The Bertz CT molecular complexity index is 264. The molecule has 0 heterocycles. The van der Waals surface area contributed by atoms with Gasteiger partial charge < -0.3 is 10.4 Å². The minimum absolute atomic E-state index is 0.0900. The highest BCUT2D eigenvalue weighted by molar-refractivity contribution is 5.85. The summed E-state index contributed by atoms with van der Waals surface area (Å²) >= 11 is 0. The van der Waals surface area contributed by atoms with Gasteiger partial charge in [-0.2, -0.15) is 5.26 Å². The summed E-state index contributed by atoms with van der Waals surface area (Å²) in [6.45, 7) is 1.64. The van der Waals surface area contributed by atoms with Crippen LogP contribution in [0.3, 0.4) is 0 Å². The molecule has 4 heteroatoms. The zero-order chi connectivity index (χ0) is 11.3. The van der Waals surface area contributed by atoms with Crippen LogP contribution in [0.2, 0.25) is 0 Å². The number of nitriles is 1. The van der Waals surface area contributed by atoms with Gasteiger partial charge in [0.1, 0.15) is 5.41 Å². The van der Waals surface area contributed by atoms with Gasteiger partial charge in [0.15, 0.2) is 0 Å². The van der Waals surface area contributed by atoms with Gasteiger partial charge in [0.05, 0.1) is 12.7 Å². The Morgan fingerprint density at radius 2 is 2.13 bits per heavy atom. The Balaban J connectivity index is 2.65. The van der Waals surface area contributed by atoms with E-state index >= 15 is 0 Å². The Morgan fingerprint density at radius 1 is 1.53 bits per heavy atom. The molecule has 0 aromatic heterocycles. The molecule has 2 N–H and O–H groups in total. The lowest BCUT2D eigenvalue weighted by atomic mass is 9.74. The van der Waals surface area contributed by atoms with Gasteiger partial charge in [-0.15, -0.1) is 0 Å². The Kier molecular flexibility index (Phi) is 4.10. The molecule has 0 spiro atoms. The van der Waals surface area contributed by atoms with Crippen LogP contribution in [0.5, 0.6) is 0 Å². The highest BCUT2D eigenvalue weighted by Gasteiger charge is 2.40. The minimum atomic E-state index is -0.846. The number of hydrogen-bond donors (Lipinski definition) is 2. The number of carbonyl (C=O) groups excluding carboxylic acids is 1. The summed E-state index contributed by atoms with van der Waals surface area (Å²) in [5.74, 6) is -0.216. The van der Waals surface area contributed by atoms with Crippen molar-refractivity contribution >= 4 is 5.91 Å². The van der Waals surface area contributed by atoms with E-state index in [1.165, 1.54) is 0 Å². The molecule has 1 aliphatic rings. The monoisotopic (exact) mass is 210 g/mol. The van der Waals surface area contributed by atoms with Gasteiger partial charge in [-0.25, -0.2) is 0 Å². The number of aliphatic hydroxyl groups excluding tert-OH is 1. The Morgan fingerprint density at radius 3 is 2.60 bits per heavy atom. The quantitative estimate of drug-likeness (QED) is 0.728. The summed E-state index contributed by atoms with van der Waals surface area (Å²) in [6, 6.07) is 1.88. The summed E-state index contributed by atoms with van der Waals surface area (Å²) in [5, 5.41) is 20.6. The van der Waals surface area contributed by atoms with Crippen molar-refractivity contribution in [1.29, 1.82) is 5.26 Å². The van der Waals surface area contributed by atoms with Crippen LogP contribution in [0.4, 0.5) is 0 Å². The zero-order valence-electron chi connectivity index (χ0n) is 9.12. The maximum atomic E-state index is 11.9. The van der Waals surface area contributed by atoms with Gasteiger partial charge in [-0.1, -0.05) is 19.3 Å². The fourth-order valence-electron chi connectivity index (χ4n) is 1.95. The molecule has 0 unspecified atom stereocenters. The number of carbonyl (C=O) groups is 1. The average Bonchev–Trinajstić information content (AvgIpc) is 2.29. The third-order valence-corrected chi connectivity index (χ3v) is 3.01. The van der Waals surface area contributed by atoms with Crippen molar-refractivity contribution in [1.82, 2.24) is 5.32 Å². The molecular formula is C11H18N2O2. The van der Waals surface area contributed by atoms with Crippen LogP contribution in [0.15, 0.2) is 0 Å². The van der Waals surface area contributed by atoms with Crippen molar-refractivity contribution in [2.45, 2.75) is 45.1 Å². The second kappa shape index (κ2) is 5.13. The maximum absolute atomic E-state index is 11.9. The van der Waals surface area contributed by atoms with Crippen molar-refractivity contribution < 1.29 is 9.90 Å². The maximum Gasteiger partial charge on any atom is 0.240 e. The first kappa shape index (κ1) is 12.0. The van der Waals surface area contributed by atoms with E-state index in [1.54, 1.807) is 6.92 Å². The second-order valence-corrected chi connectivity index (χ2v) is 4.31. The number of amides is 1. The van der Waals surface area contributed by atoms with Crippen molar-refractivity contribution in [3.05, 3.63) is 0 Å². The van der Waals surface area contributed by atoms with Crippen LogP contribution < -0.4 is 5.32 Å². The lowest BCUT2D eigenvalue weighted by molar-refractivity contribution is -0.130. The third-order valence-electron chi connectivity index (χ3n) is 3.01. The SMILES string of the molecule is C[C@@H](CO)NC(=O)C1(C#N)CCCCC1. The molecule has 0 aliphatic heterocycles. The number of nitrogens with one attached hydrogen (secondary N) is 1. The van der Waals surface area contributed by atoms with Crippen molar-refractivity contribution in [3.63, 3.8) is 0 Å². The first-order valence-electron chi connectivity index (χ1n) is 5.48. The molecule has 15 heavy (non-hydrogen) atoms. The lowest BCUT2D eigenvalue weighted by Gasteiger charge is -2.30. The van der Waals surface area contributed by atoms with Gasteiger partial charge in [0.25, 0.3) is 0 Å². The molecule has 1 aliphatic carbocycles. The normalized spacial score (nSPS) is 21.4. The van der Waals surface area contributed by atoms with E-state index < -0.39 is 5.41 Å². The van der Waals surface area contributed by atoms with E-state index in [4.69, 9.17) is 10.4 Å². The summed E-state index contributed by atoms with van der Waals surface area (Å²) < 4.78 is 0. The summed E-state index contributed by atoms with van der Waals surface area (Å²) in [5.41, 5.74) is -0.846. The highest BCUT2D eigenvalue weighted by Crippen LogP contribution is 2.35. The fourth-order valence-corrected chi connectivity index (χ4v) is 1.95. The third kappa shape index (κ3) is 2.69. The smallest absolute Gasteiger partial charge is 0.240 e. The second-order valence-electron chi connectivity index (χ2n) is 4.31. The molecule has 4 nitrogen and oxygen atoms in total. The van der Waals surface area contributed by atoms with E-state index in [9.17, 15) is 4.79 Å². The molecule has 0 bridgehead atoms. The van der Waals surface area contributed by atoms with Gasteiger partial charge in [-0.05, 0) is 19.8 Å². The molecule has 0 radical (unpaired) electrons. The molecule has 1 atom stereocenters. The predicted octanol–water partition coefficient (Wildman–Crippen LogP) is 0.957. The van der Waals surface area contributed by atoms with E-state index in [-0.39, 0.29) is 18.6 Å². The molecular weight excluding hydrogens is 192 g/mol. The fraction of sp³-hybridized carbons (Fsp3) is 0.818. The number of hydrogen-bond acceptors (Lipinski definition) is 3. The van der Waals surface area contributed by atoms with Crippen LogP contribution in [-0.4, -0.2) is 23.7 Å². The molecule has 1 rings (SSSR count). The molecule has 84 valence electrons. The minimum Gasteiger partial charge on any atom is -0.394 e. The summed E-state index contributed by atoms with van der Waals surface area (Å²) in [4.78, 5) is 11.9. The Labute approximate surface area is 90.3 Å². The van der Waals surface area contributed by atoms with Gasteiger partial charge >= 0.3 is 0 Å². The molecule has 1 fully saturated rings. The number of nitrogens with zero attached hydrogens (tertiary/aromatic N) is 1. The first-order chi connectivity index (χ1) is 7.14. The summed E-state index contributed by atoms with van der Waals surface area (Å²) in [6.07, 6.45) is 4.27. The van der Waals surface area contributed by atoms with Gasteiger partial charge in [0.2, 0.25) is 5.91 Å². The van der Waals surface area contributed by atoms with Crippen molar-refractivity contribution in [2.24, 2.45) is 5.41 Å². The standard InChI is InChI=1S/C11H18N2O2/c1-9(7-14)13-10(15)11(8-12)5-3-2-4-6-11/h9,14H,2-7H2,1H3,(H,13,15)/t9-/m0/s1. The molecule has 1 amide bonds.